The van der Waals surface area contributed by atoms with E-state index in [0.717, 1.165) is 13.1 Å². The SMILES string of the molecule is CC(=O)Nc1ccc(S(=O)(=O)NCCN2CC(C)OC(C)C2)cc1. The maximum Gasteiger partial charge on any atom is 0.240 e. The van der Waals surface area contributed by atoms with Gasteiger partial charge in [-0.15, -0.1) is 0 Å². The van der Waals surface area contributed by atoms with Gasteiger partial charge in [-0.1, -0.05) is 0 Å². The summed E-state index contributed by atoms with van der Waals surface area (Å²) in [4.78, 5) is 13.4. The van der Waals surface area contributed by atoms with Crippen LogP contribution in [0.1, 0.15) is 20.8 Å². The van der Waals surface area contributed by atoms with E-state index in [9.17, 15) is 13.2 Å². The zero-order valence-electron chi connectivity index (χ0n) is 14.3. The van der Waals surface area contributed by atoms with Crippen molar-refractivity contribution in [2.75, 3.05) is 31.5 Å². The monoisotopic (exact) mass is 355 g/mol. The molecule has 1 aliphatic rings. The van der Waals surface area contributed by atoms with Gasteiger partial charge in [-0.2, -0.15) is 0 Å². The van der Waals surface area contributed by atoms with Gasteiger partial charge in [-0.3, -0.25) is 9.69 Å². The second-order valence-electron chi connectivity index (χ2n) is 6.12. The third-order valence-corrected chi connectivity index (χ3v) is 5.18. The van der Waals surface area contributed by atoms with Crippen LogP contribution in [0.25, 0.3) is 0 Å². The van der Waals surface area contributed by atoms with Crippen molar-refractivity contribution in [2.24, 2.45) is 0 Å². The number of nitrogens with one attached hydrogen (secondary N) is 2. The summed E-state index contributed by atoms with van der Waals surface area (Å²) in [6.07, 6.45) is 0.318. The number of nitrogens with zero attached hydrogens (tertiary/aromatic N) is 1. The number of morpholine rings is 1. The second-order valence-corrected chi connectivity index (χ2v) is 7.89. The van der Waals surface area contributed by atoms with Crippen molar-refractivity contribution in [3.63, 3.8) is 0 Å². The van der Waals surface area contributed by atoms with Gasteiger partial charge in [0.2, 0.25) is 15.9 Å². The van der Waals surface area contributed by atoms with Crippen LogP contribution in [0.15, 0.2) is 29.2 Å². The molecule has 7 nitrogen and oxygen atoms in total. The second kappa shape index (κ2) is 8.06. The molecule has 1 fully saturated rings. The van der Waals surface area contributed by atoms with Crippen LogP contribution < -0.4 is 10.0 Å². The first kappa shape index (κ1) is 18.9. The highest BCUT2D eigenvalue weighted by Gasteiger charge is 2.22. The quantitative estimate of drug-likeness (QED) is 0.796. The van der Waals surface area contributed by atoms with Gasteiger partial charge in [0.1, 0.15) is 0 Å². The number of carbonyl (C=O) groups is 1. The molecule has 2 rings (SSSR count). The summed E-state index contributed by atoms with van der Waals surface area (Å²) in [6, 6.07) is 6.10. The maximum atomic E-state index is 12.3. The molecule has 2 N–H and O–H groups in total. The molecule has 0 saturated carbocycles. The van der Waals surface area contributed by atoms with E-state index in [0.29, 0.717) is 18.8 Å². The fourth-order valence-corrected chi connectivity index (χ4v) is 3.83. The summed E-state index contributed by atoms with van der Waals surface area (Å²) in [7, 11) is -3.55. The molecule has 1 saturated heterocycles. The summed E-state index contributed by atoms with van der Waals surface area (Å²) in [5, 5.41) is 2.61. The Morgan fingerprint density at radius 3 is 2.33 bits per heavy atom. The van der Waals surface area contributed by atoms with Gasteiger partial charge in [0.05, 0.1) is 17.1 Å². The van der Waals surface area contributed by atoms with Crippen molar-refractivity contribution in [1.82, 2.24) is 9.62 Å². The fraction of sp³-hybridized carbons (Fsp3) is 0.562. The van der Waals surface area contributed by atoms with Crippen molar-refractivity contribution >= 4 is 21.6 Å². The van der Waals surface area contributed by atoms with Crippen molar-refractivity contribution in [2.45, 2.75) is 37.9 Å². The van der Waals surface area contributed by atoms with E-state index in [1.165, 1.54) is 19.1 Å². The maximum absolute atomic E-state index is 12.3. The highest BCUT2D eigenvalue weighted by atomic mass is 32.2. The topological polar surface area (TPSA) is 87.7 Å². The highest BCUT2D eigenvalue weighted by molar-refractivity contribution is 7.89. The van der Waals surface area contributed by atoms with E-state index < -0.39 is 10.0 Å². The molecule has 0 aliphatic carbocycles. The number of hydrogen-bond acceptors (Lipinski definition) is 5. The number of benzene rings is 1. The molecule has 8 heteroatoms. The molecule has 1 aliphatic heterocycles. The van der Waals surface area contributed by atoms with Crippen LogP contribution in [0.3, 0.4) is 0 Å². The van der Waals surface area contributed by atoms with Crippen molar-refractivity contribution < 1.29 is 17.9 Å². The van der Waals surface area contributed by atoms with Crippen LogP contribution in [-0.4, -0.2) is 57.6 Å². The Kier molecular flexibility index (Phi) is 6.34. The predicted octanol–water partition coefficient (Wildman–Crippen LogP) is 1.03. The molecular formula is C16H25N3O4S. The molecule has 2 unspecified atom stereocenters. The summed E-state index contributed by atoms with van der Waals surface area (Å²) in [5.41, 5.74) is 0.567. The zero-order chi connectivity index (χ0) is 17.7. The van der Waals surface area contributed by atoms with E-state index >= 15 is 0 Å². The molecule has 2 atom stereocenters. The minimum absolute atomic E-state index is 0.159. The van der Waals surface area contributed by atoms with E-state index in [1.807, 2.05) is 13.8 Å². The number of carbonyl (C=O) groups excluding carboxylic acids is 1. The van der Waals surface area contributed by atoms with Gasteiger partial charge < -0.3 is 10.1 Å². The van der Waals surface area contributed by atoms with E-state index in [2.05, 4.69) is 14.9 Å². The molecule has 0 aromatic heterocycles. The van der Waals surface area contributed by atoms with Gasteiger partial charge in [-0.05, 0) is 38.1 Å². The largest absolute Gasteiger partial charge is 0.373 e. The molecule has 1 aromatic rings. The lowest BCUT2D eigenvalue weighted by atomic mass is 10.2. The number of anilines is 1. The average molecular weight is 355 g/mol. The standard InChI is InChI=1S/C16H25N3O4S/c1-12-10-19(11-13(2)23-12)9-8-17-24(21,22)16-6-4-15(5-7-16)18-14(3)20/h4-7,12-13,17H,8-11H2,1-3H3,(H,18,20). The Bertz CT molecular complexity index is 650. The molecular weight excluding hydrogens is 330 g/mol. The van der Waals surface area contributed by atoms with Crippen LogP contribution in [0.4, 0.5) is 5.69 Å². The first-order valence-corrected chi connectivity index (χ1v) is 9.50. The molecule has 1 aromatic carbocycles. The predicted molar refractivity (Wildman–Crippen MR) is 92.4 cm³/mol. The van der Waals surface area contributed by atoms with Crippen LogP contribution in [0.2, 0.25) is 0 Å². The number of sulfonamides is 1. The average Bonchev–Trinajstić information content (AvgIpc) is 2.46. The molecule has 24 heavy (non-hydrogen) atoms. The lowest BCUT2D eigenvalue weighted by Crippen LogP contribution is -2.47. The minimum Gasteiger partial charge on any atom is -0.373 e. The first-order chi connectivity index (χ1) is 11.3. The number of hydrogen-bond donors (Lipinski definition) is 2. The summed E-state index contributed by atoms with van der Waals surface area (Å²) < 4.78 is 32.9. The molecule has 1 heterocycles. The molecule has 134 valence electrons. The highest BCUT2D eigenvalue weighted by Crippen LogP contribution is 2.14. The van der Waals surface area contributed by atoms with Crippen LogP contribution in [0, 0.1) is 0 Å². The summed E-state index contributed by atoms with van der Waals surface area (Å²) >= 11 is 0. The Labute approximate surface area is 143 Å². The van der Waals surface area contributed by atoms with Crippen molar-refractivity contribution in [3.05, 3.63) is 24.3 Å². The van der Waals surface area contributed by atoms with Gasteiger partial charge in [0.25, 0.3) is 0 Å². The Morgan fingerprint density at radius 2 is 1.79 bits per heavy atom. The van der Waals surface area contributed by atoms with Gasteiger partial charge in [0.15, 0.2) is 0 Å². The van der Waals surface area contributed by atoms with Crippen molar-refractivity contribution in [1.29, 1.82) is 0 Å². The molecule has 0 radical (unpaired) electrons. The van der Waals surface area contributed by atoms with Crippen molar-refractivity contribution in [3.8, 4) is 0 Å². The van der Waals surface area contributed by atoms with Crippen LogP contribution in [-0.2, 0) is 19.6 Å². The number of rotatable bonds is 6. The van der Waals surface area contributed by atoms with Gasteiger partial charge >= 0.3 is 0 Å². The van der Waals surface area contributed by atoms with E-state index in [1.54, 1.807) is 12.1 Å². The Hall–Kier alpha value is -1.48. The fourth-order valence-electron chi connectivity index (χ4n) is 2.81. The lowest BCUT2D eigenvalue weighted by molar-refractivity contribution is -0.114. The molecule has 1 amide bonds. The first-order valence-electron chi connectivity index (χ1n) is 8.01. The lowest BCUT2D eigenvalue weighted by Gasteiger charge is -2.35. The number of amides is 1. The minimum atomic E-state index is -3.55. The third kappa shape index (κ3) is 5.55. The van der Waals surface area contributed by atoms with Crippen LogP contribution in [0.5, 0.6) is 0 Å². The Balaban J connectivity index is 1.88. The summed E-state index contributed by atoms with van der Waals surface area (Å²) in [5.74, 6) is -0.197. The van der Waals surface area contributed by atoms with E-state index in [-0.39, 0.29) is 23.0 Å². The molecule has 0 bridgehead atoms. The zero-order valence-corrected chi connectivity index (χ0v) is 15.1. The van der Waals surface area contributed by atoms with Gasteiger partial charge in [0, 0.05) is 38.8 Å². The van der Waals surface area contributed by atoms with Gasteiger partial charge in [-0.25, -0.2) is 13.1 Å². The normalized spacial score (nSPS) is 22.3. The van der Waals surface area contributed by atoms with E-state index in [4.69, 9.17) is 4.74 Å². The summed E-state index contributed by atoms with van der Waals surface area (Å²) in [6.45, 7) is 8.03. The Morgan fingerprint density at radius 1 is 1.21 bits per heavy atom. The molecule has 0 spiro atoms. The third-order valence-electron chi connectivity index (χ3n) is 3.70. The van der Waals surface area contributed by atoms with Crippen LogP contribution >= 0.6 is 0 Å². The number of ether oxygens (including phenoxy) is 1. The smallest absolute Gasteiger partial charge is 0.240 e.